The van der Waals surface area contributed by atoms with Crippen LogP contribution in [0.25, 0.3) is 90.9 Å². The lowest BCUT2D eigenvalue weighted by atomic mass is 10.0. The van der Waals surface area contributed by atoms with Gasteiger partial charge in [-0.25, -0.2) is 19.6 Å². The van der Waals surface area contributed by atoms with E-state index in [0.29, 0.717) is 35.7 Å². The SMILES string of the molecule is C#Cc1ccc(-c2c3nc(c(-c4ccc(C(=O)OCC[Si](C)(C)C)cc4)c4nc(c(-c5ccc(C#C)cc5)c5ccc([nH]5)c(-c5ccc(C(=O)OCC[Si](C)(C)C)cc5)c5ccc2[nH]5)C=C4)C=C3)cc1. The summed E-state index contributed by atoms with van der Waals surface area (Å²) in [7, 11) is -2.77. The minimum absolute atomic E-state index is 0.337. The van der Waals surface area contributed by atoms with Crippen molar-refractivity contribution in [2.45, 2.75) is 51.4 Å². The summed E-state index contributed by atoms with van der Waals surface area (Å²) in [4.78, 5) is 44.8. The van der Waals surface area contributed by atoms with E-state index >= 15 is 0 Å². The van der Waals surface area contributed by atoms with Gasteiger partial charge in [0, 0.05) is 71.6 Å². The molecule has 0 fully saturated rings. The van der Waals surface area contributed by atoms with Gasteiger partial charge in [-0.2, -0.15) is 0 Å². The average molecular weight is 951 g/mol. The summed E-state index contributed by atoms with van der Waals surface area (Å²) in [5.41, 5.74) is 15.7. The molecule has 0 unspecified atom stereocenters. The normalized spacial score (nSPS) is 12.1. The number of nitrogens with one attached hydrogen (secondary N) is 2. The van der Waals surface area contributed by atoms with E-state index in [-0.39, 0.29) is 11.9 Å². The third-order valence-electron chi connectivity index (χ3n) is 12.4. The molecule has 10 heteroatoms. The maximum atomic E-state index is 13.2. The molecular formula is C60H54N4O4Si2. The summed E-state index contributed by atoms with van der Waals surface area (Å²) < 4.78 is 11.4. The third kappa shape index (κ3) is 10.3. The fourth-order valence-electron chi connectivity index (χ4n) is 8.50. The van der Waals surface area contributed by atoms with Gasteiger partial charge in [0.1, 0.15) is 0 Å². The van der Waals surface area contributed by atoms with Crippen LogP contribution in [0.4, 0.5) is 0 Å². The highest BCUT2D eigenvalue weighted by molar-refractivity contribution is 6.76. The fourth-order valence-corrected chi connectivity index (χ4v) is 9.93. The van der Waals surface area contributed by atoms with E-state index in [0.717, 1.165) is 101 Å². The highest BCUT2D eigenvalue weighted by Gasteiger charge is 2.22. The molecule has 0 radical (unpaired) electrons. The lowest BCUT2D eigenvalue weighted by Crippen LogP contribution is -2.22. The van der Waals surface area contributed by atoms with Crippen LogP contribution in [0.2, 0.25) is 51.4 Å². The molecule has 8 bridgehead atoms. The first-order valence-electron chi connectivity index (χ1n) is 23.5. The highest BCUT2D eigenvalue weighted by Crippen LogP contribution is 2.39. The molecule has 0 saturated carbocycles. The lowest BCUT2D eigenvalue weighted by molar-refractivity contribution is 0.0515. The molecule has 0 spiro atoms. The van der Waals surface area contributed by atoms with Crippen molar-refractivity contribution in [2.24, 2.45) is 0 Å². The largest absolute Gasteiger partial charge is 0.462 e. The standard InChI is InChI=1S/C60H54N4O4Si2/c1-9-39-11-15-41(16-12-39)55-47-27-31-51(61-47)57(43-19-23-45(24-20-43)59(65)67-35-37-69(3,4)5)53-33-29-49(63-53)56(42-17-13-40(10-2)14-18-42)50-30-34-54(64-50)58(52-32-28-48(55)62-52)44-21-25-46(26-22-44)60(66)68-36-38-70(6,7)8/h1-2,11-34,61,63H,35-38H2,3-8H3. The second-order valence-electron chi connectivity index (χ2n) is 20.0. The van der Waals surface area contributed by atoms with Gasteiger partial charge < -0.3 is 19.4 Å². The van der Waals surface area contributed by atoms with Crippen molar-refractivity contribution < 1.29 is 19.1 Å². The molecule has 2 aliphatic rings. The monoisotopic (exact) mass is 950 g/mol. The van der Waals surface area contributed by atoms with Crippen LogP contribution in [-0.4, -0.2) is 61.2 Å². The Kier molecular flexibility index (Phi) is 13.1. The Morgan fingerprint density at radius 1 is 0.443 bits per heavy atom. The van der Waals surface area contributed by atoms with E-state index in [1.165, 1.54) is 0 Å². The van der Waals surface area contributed by atoms with Gasteiger partial charge >= 0.3 is 11.9 Å². The van der Waals surface area contributed by atoms with Crippen LogP contribution in [-0.2, 0) is 9.47 Å². The number of carbonyl (C=O) groups excluding carboxylic acids is 2. The lowest BCUT2D eigenvalue weighted by Gasteiger charge is -2.15. The van der Waals surface area contributed by atoms with E-state index in [2.05, 4.69) is 85.4 Å². The number of nitrogens with zero attached hydrogens (tertiary/aromatic N) is 2. The molecule has 70 heavy (non-hydrogen) atoms. The Morgan fingerprint density at radius 3 is 1.09 bits per heavy atom. The van der Waals surface area contributed by atoms with Crippen molar-refractivity contribution in [3.63, 3.8) is 0 Å². The molecule has 8 nitrogen and oxygen atoms in total. The summed E-state index contributed by atoms with van der Waals surface area (Å²) >= 11 is 0. The molecule has 0 amide bonds. The van der Waals surface area contributed by atoms with Gasteiger partial charge in [0.05, 0.1) is 47.1 Å². The van der Waals surface area contributed by atoms with Crippen molar-refractivity contribution in [1.29, 1.82) is 0 Å². The van der Waals surface area contributed by atoms with Gasteiger partial charge in [-0.3, -0.25) is 0 Å². The maximum Gasteiger partial charge on any atom is 0.338 e. The summed E-state index contributed by atoms with van der Waals surface area (Å²) in [6, 6.07) is 41.0. The van der Waals surface area contributed by atoms with Gasteiger partial charge in [-0.15, -0.1) is 12.8 Å². The van der Waals surface area contributed by atoms with Crippen molar-refractivity contribution in [2.75, 3.05) is 13.2 Å². The third-order valence-corrected chi connectivity index (χ3v) is 15.8. The first kappa shape index (κ1) is 47.1. The summed E-state index contributed by atoms with van der Waals surface area (Å²) in [5.74, 6) is 4.81. The Labute approximate surface area is 411 Å². The number of aromatic amines is 2. The predicted molar refractivity (Wildman–Crippen MR) is 293 cm³/mol. The second-order valence-corrected chi connectivity index (χ2v) is 31.2. The highest BCUT2D eigenvalue weighted by atomic mass is 28.3. The molecule has 5 heterocycles. The minimum atomic E-state index is -1.38. The molecule has 9 rings (SSSR count). The molecule has 7 aromatic rings. The number of esters is 2. The van der Waals surface area contributed by atoms with Gasteiger partial charge in [0.15, 0.2) is 0 Å². The topological polar surface area (TPSA) is 110 Å². The number of hydrogen-bond donors (Lipinski definition) is 2. The fraction of sp³-hybridized carbons (Fsp3) is 0.167. The molecule has 2 N–H and O–H groups in total. The Hall–Kier alpha value is -8.03. The van der Waals surface area contributed by atoms with Gasteiger partial charge in [0.25, 0.3) is 0 Å². The van der Waals surface area contributed by atoms with E-state index in [1.54, 1.807) is 0 Å². The zero-order chi connectivity index (χ0) is 49.2. The maximum absolute atomic E-state index is 13.2. The molecule has 2 aliphatic heterocycles. The quantitative estimate of drug-likeness (QED) is 0.0717. The number of benzene rings is 4. The first-order valence-corrected chi connectivity index (χ1v) is 30.9. The summed E-state index contributed by atoms with van der Waals surface area (Å²) in [5, 5.41) is 0. The number of aromatic nitrogens is 4. The van der Waals surface area contributed by atoms with Crippen LogP contribution < -0.4 is 0 Å². The summed E-state index contributed by atoms with van der Waals surface area (Å²) in [6.45, 7) is 14.4. The summed E-state index contributed by atoms with van der Waals surface area (Å²) in [6.07, 6.45) is 19.7. The Bertz CT molecular complexity index is 3320. The van der Waals surface area contributed by atoms with Crippen LogP contribution >= 0.6 is 0 Å². The molecule has 0 atom stereocenters. The minimum Gasteiger partial charge on any atom is -0.462 e. The van der Waals surface area contributed by atoms with Crippen LogP contribution in [0.1, 0.15) is 54.6 Å². The molecule has 3 aromatic heterocycles. The molecule has 0 aliphatic carbocycles. The molecular weight excluding hydrogens is 897 g/mol. The average Bonchev–Trinajstić information content (AvgIpc) is 4.20. The van der Waals surface area contributed by atoms with Crippen molar-refractivity contribution in [3.05, 3.63) is 166 Å². The smallest absolute Gasteiger partial charge is 0.338 e. The van der Waals surface area contributed by atoms with Crippen molar-refractivity contribution >= 4 is 74.5 Å². The number of fused-ring (bicyclic) bond motifs is 8. The number of H-pyrrole nitrogens is 2. The predicted octanol–water partition coefficient (Wildman–Crippen LogP) is 14.3. The second kappa shape index (κ2) is 19.5. The number of rotatable bonds is 12. The van der Waals surface area contributed by atoms with E-state index in [1.807, 2.05) is 121 Å². The van der Waals surface area contributed by atoms with Crippen LogP contribution in [0, 0.1) is 24.7 Å². The van der Waals surface area contributed by atoms with Crippen molar-refractivity contribution in [3.8, 4) is 69.2 Å². The molecule has 346 valence electrons. The van der Waals surface area contributed by atoms with Crippen LogP contribution in [0.15, 0.2) is 121 Å². The Balaban J connectivity index is 1.29. The van der Waals surface area contributed by atoms with E-state index in [9.17, 15) is 9.59 Å². The first-order chi connectivity index (χ1) is 33.6. The van der Waals surface area contributed by atoms with E-state index in [4.69, 9.17) is 32.3 Å². The van der Waals surface area contributed by atoms with Crippen molar-refractivity contribution in [1.82, 2.24) is 19.9 Å². The van der Waals surface area contributed by atoms with Gasteiger partial charge in [-0.05, 0) is 131 Å². The number of carbonyl (C=O) groups is 2. The van der Waals surface area contributed by atoms with Gasteiger partial charge in [0.2, 0.25) is 0 Å². The van der Waals surface area contributed by atoms with Crippen LogP contribution in [0.5, 0.6) is 0 Å². The molecule has 4 aromatic carbocycles. The molecule has 0 saturated heterocycles. The number of ether oxygens (including phenoxy) is 2. The van der Waals surface area contributed by atoms with Crippen LogP contribution in [0.3, 0.4) is 0 Å². The zero-order valence-corrected chi connectivity index (χ0v) is 42.4. The zero-order valence-electron chi connectivity index (χ0n) is 40.4. The van der Waals surface area contributed by atoms with Gasteiger partial charge in [-0.1, -0.05) is 99.7 Å². The van der Waals surface area contributed by atoms with E-state index < -0.39 is 16.1 Å². The number of terminal acetylenes is 2. The number of hydrogen-bond acceptors (Lipinski definition) is 6. The Morgan fingerprint density at radius 2 is 0.743 bits per heavy atom.